The van der Waals surface area contributed by atoms with Crippen molar-refractivity contribution in [1.29, 1.82) is 0 Å². The third-order valence-corrected chi connectivity index (χ3v) is 3.83. The maximum Gasteiger partial charge on any atom is 0.165 e. The van der Waals surface area contributed by atoms with E-state index in [9.17, 15) is 4.39 Å². The third-order valence-electron chi connectivity index (χ3n) is 3.19. The van der Waals surface area contributed by atoms with E-state index in [1.54, 1.807) is 30.6 Å². The molecule has 5 heteroatoms. The topological polar surface area (TPSA) is 24.8 Å². The fourth-order valence-electron chi connectivity index (χ4n) is 1.75. The molecule has 0 unspecified atom stereocenters. The molecule has 0 N–H and O–H groups in total. The van der Waals surface area contributed by atoms with Gasteiger partial charge < -0.3 is 9.64 Å². The Hall–Kier alpha value is -1.88. The van der Waals surface area contributed by atoms with Crippen LogP contribution >= 0.6 is 15.9 Å². The summed E-state index contributed by atoms with van der Waals surface area (Å²) >= 11 is 3.48. The molecule has 2 rings (SSSR count). The molecule has 0 heterocycles. The molecule has 0 aromatic heterocycles. The highest BCUT2D eigenvalue weighted by Gasteiger charge is 2.09. The van der Waals surface area contributed by atoms with Crippen LogP contribution in [-0.4, -0.2) is 24.8 Å². The lowest BCUT2D eigenvalue weighted by Crippen LogP contribution is -2.14. The number of halogens is 2. The Kier molecular flexibility index (Phi) is 5.55. The van der Waals surface area contributed by atoms with E-state index in [1.807, 2.05) is 24.9 Å². The monoisotopic (exact) mass is 364 g/mol. The van der Waals surface area contributed by atoms with Crippen LogP contribution < -0.4 is 4.74 Å². The zero-order chi connectivity index (χ0) is 16.1. The van der Waals surface area contributed by atoms with E-state index in [4.69, 9.17) is 4.74 Å². The van der Waals surface area contributed by atoms with E-state index in [1.165, 1.54) is 6.07 Å². The molecule has 0 radical (unpaired) electrons. The number of hydrogen-bond donors (Lipinski definition) is 0. The highest BCUT2D eigenvalue weighted by atomic mass is 79.9. The van der Waals surface area contributed by atoms with Crippen LogP contribution in [0.5, 0.6) is 11.5 Å². The van der Waals surface area contributed by atoms with Gasteiger partial charge in [0.2, 0.25) is 0 Å². The number of rotatable bonds is 5. The number of para-hydroxylation sites is 1. The van der Waals surface area contributed by atoms with Gasteiger partial charge in [-0.3, -0.25) is 0 Å². The molecule has 0 bridgehead atoms. The Balaban J connectivity index is 2.27. The first-order valence-electron chi connectivity index (χ1n) is 6.98. The molecular formula is C17H18BrFN2O. The number of aryl methyl sites for hydroxylation is 1. The second-order valence-corrected chi connectivity index (χ2v) is 5.77. The number of hydrogen-bond acceptors (Lipinski definition) is 2. The maximum atomic E-state index is 13.7. The van der Waals surface area contributed by atoms with Gasteiger partial charge in [-0.25, -0.2) is 9.38 Å². The molecule has 2 aromatic rings. The lowest BCUT2D eigenvalue weighted by molar-refractivity contribution is 0.439. The Labute approximate surface area is 138 Å². The van der Waals surface area contributed by atoms with Crippen molar-refractivity contribution in [3.05, 3.63) is 52.3 Å². The predicted octanol–water partition coefficient (Wildman–Crippen LogP) is 5.30. The molecular weight excluding hydrogens is 347 g/mol. The molecule has 0 saturated heterocycles. The molecule has 22 heavy (non-hydrogen) atoms. The second kappa shape index (κ2) is 7.40. The summed E-state index contributed by atoms with van der Waals surface area (Å²) in [4.78, 5) is 6.41. The fraction of sp³-hybridized carbons (Fsp3) is 0.235. The first-order valence-corrected chi connectivity index (χ1v) is 7.77. The van der Waals surface area contributed by atoms with E-state index < -0.39 is 0 Å². The Morgan fingerprint density at radius 3 is 2.68 bits per heavy atom. The van der Waals surface area contributed by atoms with Crippen LogP contribution in [0.4, 0.5) is 10.1 Å². The third kappa shape index (κ3) is 4.07. The minimum atomic E-state index is -0.385. The van der Waals surface area contributed by atoms with Crippen molar-refractivity contribution < 1.29 is 9.13 Å². The lowest BCUT2D eigenvalue weighted by Gasteiger charge is -2.12. The van der Waals surface area contributed by atoms with Crippen molar-refractivity contribution in [3.8, 4) is 11.5 Å². The lowest BCUT2D eigenvalue weighted by atomic mass is 10.2. The van der Waals surface area contributed by atoms with Crippen molar-refractivity contribution >= 4 is 28.0 Å². The van der Waals surface area contributed by atoms with Gasteiger partial charge >= 0.3 is 0 Å². The zero-order valence-corrected chi connectivity index (χ0v) is 14.4. The van der Waals surface area contributed by atoms with E-state index in [0.29, 0.717) is 5.75 Å². The van der Waals surface area contributed by atoms with E-state index in [-0.39, 0.29) is 11.6 Å². The van der Waals surface area contributed by atoms with Gasteiger partial charge in [0.15, 0.2) is 11.6 Å². The summed E-state index contributed by atoms with van der Waals surface area (Å²) in [5, 5.41) is 0. The molecule has 0 saturated carbocycles. The highest BCUT2D eigenvalue weighted by Crippen LogP contribution is 2.35. The number of ether oxygens (including phenoxy) is 1. The number of benzene rings is 2. The summed E-state index contributed by atoms with van der Waals surface area (Å²) in [5.41, 5.74) is 1.69. The van der Waals surface area contributed by atoms with Crippen LogP contribution in [0.3, 0.4) is 0 Å². The van der Waals surface area contributed by atoms with Crippen molar-refractivity contribution in [3.63, 3.8) is 0 Å². The fourth-order valence-corrected chi connectivity index (χ4v) is 2.17. The van der Waals surface area contributed by atoms with E-state index >= 15 is 0 Å². The average Bonchev–Trinajstić information content (AvgIpc) is 2.51. The maximum absolute atomic E-state index is 13.7. The molecule has 3 nitrogen and oxygen atoms in total. The van der Waals surface area contributed by atoms with Gasteiger partial charge in [0, 0.05) is 18.1 Å². The van der Waals surface area contributed by atoms with Gasteiger partial charge in [0.25, 0.3) is 0 Å². The van der Waals surface area contributed by atoms with Crippen LogP contribution in [0.25, 0.3) is 0 Å². The minimum Gasteiger partial charge on any atom is -0.454 e. The van der Waals surface area contributed by atoms with Gasteiger partial charge in [-0.15, -0.1) is 0 Å². The van der Waals surface area contributed by atoms with Crippen molar-refractivity contribution in [2.75, 3.05) is 13.6 Å². The van der Waals surface area contributed by atoms with Crippen LogP contribution in [0.15, 0.2) is 45.9 Å². The summed E-state index contributed by atoms with van der Waals surface area (Å²) < 4.78 is 20.1. The normalized spacial score (nSPS) is 11.0. The molecule has 116 valence electrons. The number of aliphatic imine (C=N–C) groups is 1. The quantitative estimate of drug-likeness (QED) is 0.531. The largest absolute Gasteiger partial charge is 0.454 e. The number of nitrogens with zero attached hydrogens (tertiary/aromatic N) is 2. The smallest absolute Gasteiger partial charge is 0.165 e. The molecule has 2 aromatic carbocycles. The summed E-state index contributed by atoms with van der Waals surface area (Å²) in [6.07, 6.45) is 1.77. The summed E-state index contributed by atoms with van der Waals surface area (Å²) in [6.45, 7) is 4.84. The standard InChI is InChI=1S/C17H18BrFN2O/c1-4-21(3)11-20-15-9-12(2)17(10-13(15)18)22-16-8-6-5-7-14(16)19/h5-11H,4H2,1-3H3/b20-11+. The summed E-state index contributed by atoms with van der Waals surface area (Å²) in [6, 6.07) is 10.1. The first kappa shape index (κ1) is 16.5. The summed E-state index contributed by atoms with van der Waals surface area (Å²) in [5.74, 6) is 0.420. The van der Waals surface area contributed by atoms with Gasteiger partial charge in [0.05, 0.1) is 12.0 Å². The average molecular weight is 365 g/mol. The molecule has 0 fully saturated rings. The van der Waals surface area contributed by atoms with Gasteiger partial charge in [-0.1, -0.05) is 12.1 Å². The zero-order valence-electron chi connectivity index (χ0n) is 12.8. The van der Waals surface area contributed by atoms with Crippen molar-refractivity contribution in [2.24, 2.45) is 4.99 Å². The van der Waals surface area contributed by atoms with Crippen LogP contribution in [0, 0.1) is 12.7 Å². The summed E-state index contributed by atoms with van der Waals surface area (Å²) in [7, 11) is 1.96. The minimum absolute atomic E-state index is 0.208. The molecule has 0 aliphatic carbocycles. The highest BCUT2D eigenvalue weighted by molar-refractivity contribution is 9.10. The Morgan fingerprint density at radius 2 is 2.00 bits per heavy atom. The van der Waals surface area contributed by atoms with Gasteiger partial charge in [-0.05, 0) is 59.6 Å². The molecule has 0 aliphatic heterocycles. The molecule has 0 amide bonds. The van der Waals surface area contributed by atoms with E-state index in [0.717, 1.165) is 22.3 Å². The molecule has 0 spiro atoms. The Bertz CT molecular complexity index is 688. The van der Waals surface area contributed by atoms with Crippen molar-refractivity contribution in [1.82, 2.24) is 4.90 Å². The van der Waals surface area contributed by atoms with Crippen molar-refractivity contribution in [2.45, 2.75) is 13.8 Å². The van der Waals surface area contributed by atoms with Crippen LogP contribution in [-0.2, 0) is 0 Å². The SMILES string of the molecule is CCN(C)/C=N/c1cc(C)c(Oc2ccccc2F)cc1Br. The van der Waals surface area contributed by atoms with E-state index in [2.05, 4.69) is 27.8 Å². The molecule has 0 atom stereocenters. The predicted molar refractivity (Wildman–Crippen MR) is 91.8 cm³/mol. The van der Waals surface area contributed by atoms with Gasteiger partial charge in [0.1, 0.15) is 5.75 Å². The van der Waals surface area contributed by atoms with Crippen LogP contribution in [0.2, 0.25) is 0 Å². The first-order chi connectivity index (χ1) is 10.5. The second-order valence-electron chi connectivity index (χ2n) is 4.92. The van der Waals surface area contributed by atoms with Gasteiger partial charge in [-0.2, -0.15) is 0 Å². The molecule has 0 aliphatic rings. The van der Waals surface area contributed by atoms with Crippen LogP contribution in [0.1, 0.15) is 12.5 Å². The Morgan fingerprint density at radius 1 is 1.27 bits per heavy atom.